The number of nitrogens with two attached hydrogens (primary N) is 1. The van der Waals surface area contributed by atoms with Gasteiger partial charge in [0.15, 0.2) is 4.74 Å². The molecular weight excluding hydrogens is 254 g/mol. The third-order valence-electron chi connectivity index (χ3n) is 2.10. The minimum Gasteiger partial charge on any atom is -0.303 e. The lowest BCUT2D eigenvalue weighted by atomic mass is 10.1. The number of aliphatic imine (C=N–C) groups is 1. The normalized spacial score (nSPS) is 11.7. The van der Waals surface area contributed by atoms with Crippen molar-refractivity contribution in [3.63, 3.8) is 0 Å². The highest BCUT2D eigenvalue weighted by Crippen LogP contribution is 2.25. The van der Waals surface area contributed by atoms with Gasteiger partial charge in [-0.15, -0.1) is 0 Å². The summed E-state index contributed by atoms with van der Waals surface area (Å²) in [6.45, 7) is 0. The molecule has 0 atom stereocenters. The lowest BCUT2D eigenvalue weighted by molar-refractivity contribution is 1.05. The van der Waals surface area contributed by atoms with Gasteiger partial charge < -0.3 is 5.43 Å². The van der Waals surface area contributed by atoms with E-state index in [0.29, 0.717) is 4.74 Å². The Kier molecular flexibility index (Phi) is 2.99. The molecule has 2 aromatic carbocycles. The molecule has 76 valence electrons. The summed E-state index contributed by atoms with van der Waals surface area (Å²) in [6.07, 6.45) is 0. The molecule has 0 saturated carbocycles. The average Bonchev–Trinajstić information content (AvgIpc) is 2.29. The van der Waals surface area contributed by atoms with Gasteiger partial charge in [-0.05, 0) is 27.4 Å². The van der Waals surface area contributed by atoms with Crippen molar-refractivity contribution in [2.45, 2.75) is 0 Å². The van der Waals surface area contributed by atoms with Gasteiger partial charge in [0, 0.05) is 5.39 Å². The highest BCUT2D eigenvalue weighted by Gasteiger charge is 1.98. The summed E-state index contributed by atoms with van der Waals surface area (Å²) in [5, 5.41) is 2.27. The molecule has 0 aliphatic heterocycles. The molecule has 0 saturated heterocycles. The van der Waals surface area contributed by atoms with Crippen LogP contribution in [0.5, 0.6) is 0 Å². The van der Waals surface area contributed by atoms with E-state index < -0.39 is 0 Å². The molecule has 4 heteroatoms. The number of nitrogens with one attached hydrogen (secondary N) is 1. The second-order valence-corrected chi connectivity index (χ2v) is 3.80. The van der Waals surface area contributed by atoms with Gasteiger partial charge in [-0.3, -0.25) is 0 Å². The van der Waals surface area contributed by atoms with Gasteiger partial charge in [0.05, 0.1) is 5.69 Å². The quantitative estimate of drug-likeness (QED) is 0.273. The molecule has 2 aromatic rings. The van der Waals surface area contributed by atoms with Crippen LogP contribution in [0, 0.1) is 0 Å². The topological polar surface area (TPSA) is 50.4 Å². The van der Waals surface area contributed by atoms with Crippen LogP contribution in [0.3, 0.4) is 0 Å². The molecule has 15 heavy (non-hydrogen) atoms. The van der Waals surface area contributed by atoms with Gasteiger partial charge in [-0.25, -0.2) is 10.8 Å². The Balaban J connectivity index is 2.61. The zero-order valence-corrected chi connectivity index (χ0v) is 9.53. The van der Waals surface area contributed by atoms with Crippen molar-refractivity contribution >= 4 is 37.1 Å². The van der Waals surface area contributed by atoms with Crippen LogP contribution in [0.2, 0.25) is 0 Å². The highest BCUT2D eigenvalue weighted by atomic mass is 79.9. The number of nitrogens with zero attached hydrogens (tertiary/aromatic N) is 1. The molecule has 0 aromatic heterocycles. The van der Waals surface area contributed by atoms with Gasteiger partial charge >= 0.3 is 0 Å². The van der Waals surface area contributed by atoms with E-state index >= 15 is 0 Å². The van der Waals surface area contributed by atoms with Crippen molar-refractivity contribution in [2.24, 2.45) is 10.8 Å². The third kappa shape index (κ3) is 2.16. The maximum absolute atomic E-state index is 5.24. The van der Waals surface area contributed by atoms with Crippen LogP contribution >= 0.6 is 15.9 Å². The highest BCUT2D eigenvalue weighted by molar-refractivity contribution is 9.18. The lowest BCUT2D eigenvalue weighted by Crippen LogP contribution is -2.25. The number of hydrogen-bond acceptors (Lipinski definition) is 2. The van der Waals surface area contributed by atoms with Crippen LogP contribution in [-0.4, -0.2) is 4.74 Å². The first-order chi connectivity index (χ1) is 7.31. The molecule has 0 aliphatic rings. The Hall–Kier alpha value is -1.39. The number of benzene rings is 2. The van der Waals surface area contributed by atoms with E-state index in [2.05, 4.69) is 38.5 Å². The molecular formula is C11H10BrN3. The molecule has 0 amide bonds. The average molecular weight is 264 g/mol. The van der Waals surface area contributed by atoms with Crippen LogP contribution in [0.15, 0.2) is 47.5 Å². The predicted molar refractivity (Wildman–Crippen MR) is 67.3 cm³/mol. The number of halogens is 1. The molecule has 0 fully saturated rings. The Morgan fingerprint density at radius 1 is 1.13 bits per heavy atom. The number of rotatable bonds is 1. The van der Waals surface area contributed by atoms with Crippen molar-refractivity contribution < 1.29 is 0 Å². The standard InChI is InChI=1S/C11H10BrN3/c12-11(15-13)14-10-7-3-5-8-4-1-2-6-9(8)10/h1-7H,13H2,(H,14,15). The van der Waals surface area contributed by atoms with Crippen LogP contribution in [0.4, 0.5) is 5.69 Å². The zero-order valence-electron chi connectivity index (χ0n) is 7.94. The van der Waals surface area contributed by atoms with E-state index in [1.54, 1.807) is 0 Å². The van der Waals surface area contributed by atoms with Gasteiger partial charge in [0.2, 0.25) is 0 Å². The molecule has 0 unspecified atom stereocenters. The summed E-state index contributed by atoms with van der Waals surface area (Å²) in [6, 6.07) is 14.1. The van der Waals surface area contributed by atoms with E-state index in [0.717, 1.165) is 16.5 Å². The van der Waals surface area contributed by atoms with Crippen LogP contribution in [0.1, 0.15) is 0 Å². The molecule has 0 spiro atoms. The van der Waals surface area contributed by atoms with E-state index in [4.69, 9.17) is 5.84 Å². The zero-order chi connectivity index (χ0) is 10.7. The Bertz CT molecular complexity index is 503. The van der Waals surface area contributed by atoms with Crippen molar-refractivity contribution in [2.75, 3.05) is 0 Å². The first-order valence-electron chi connectivity index (χ1n) is 4.50. The van der Waals surface area contributed by atoms with Crippen LogP contribution < -0.4 is 11.3 Å². The van der Waals surface area contributed by atoms with Crippen LogP contribution in [-0.2, 0) is 0 Å². The lowest BCUT2D eigenvalue weighted by Gasteiger charge is -2.02. The fourth-order valence-electron chi connectivity index (χ4n) is 1.44. The Morgan fingerprint density at radius 3 is 2.67 bits per heavy atom. The van der Waals surface area contributed by atoms with Gasteiger partial charge in [-0.2, -0.15) is 0 Å². The fourth-order valence-corrected chi connectivity index (χ4v) is 1.63. The molecule has 0 aliphatic carbocycles. The summed E-state index contributed by atoms with van der Waals surface area (Å²) in [4.78, 5) is 4.30. The minimum absolute atomic E-state index is 0.513. The summed E-state index contributed by atoms with van der Waals surface area (Å²) in [7, 11) is 0. The predicted octanol–water partition coefficient (Wildman–Crippen LogP) is 2.69. The SMILES string of the molecule is NNC(Br)=Nc1cccc2ccccc12. The van der Waals surface area contributed by atoms with E-state index in [9.17, 15) is 0 Å². The van der Waals surface area contributed by atoms with Gasteiger partial charge in [0.25, 0.3) is 0 Å². The van der Waals surface area contributed by atoms with E-state index in [1.165, 1.54) is 0 Å². The summed E-state index contributed by atoms with van der Waals surface area (Å²) in [5.41, 5.74) is 3.33. The minimum atomic E-state index is 0.513. The van der Waals surface area contributed by atoms with Crippen LogP contribution in [0.25, 0.3) is 10.8 Å². The van der Waals surface area contributed by atoms with Gasteiger partial charge in [-0.1, -0.05) is 36.4 Å². The molecule has 3 N–H and O–H groups in total. The van der Waals surface area contributed by atoms with E-state index in [-0.39, 0.29) is 0 Å². The fraction of sp³-hybridized carbons (Fsp3) is 0. The van der Waals surface area contributed by atoms with Crippen molar-refractivity contribution in [1.82, 2.24) is 5.43 Å². The third-order valence-corrected chi connectivity index (χ3v) is 2.51. The van der Waals surface area contributed by atoms with Crippen molar-refractivity contribution in [3.8, 4) is 0 Å². The summed E-state index contributed by atoms with van der Waals surface area (Å²) < 4.78 is 0.513. The molecule has 3 nitrogen and oxygen atoms in total. The van der Waals surface area contributed by atoms with E-state index in [1.807, 2.05) is 30.3 Å². The largest absolute Gasteiger partial charge is 0.303 e. The second-order valence-electron chi connectivity index (χ2n) is 3.05. The summed E-state index contributed by atoms with van der Waals surface area (Å²) >= 11 is 3.21. The molecule has 2 rings (SSSR count). The number of hydrogen-bond donors (Lipinski definition) is 2. The summed E-state index contributed by atoms with van der Waals surface area (Å²) in [5.74, 6) is 5.24. The number of hydrazine groups is 1. The van der Waals surface area contributed by atoms with Crippen molar-refractivity contribution in [1.29, 1.82) is 0 Å². The maximum atomic E-state index is 5.24. The van der Waals surface area contributed by atoms with Gasteiger partial charge in [0.1, 0.15) is 0 Å². The maximum Gasteiger partial charge on any atom is 0.185 e. The molecule has 0 heterocycles. The first kappa shape index (κ1) is 10.1. The smallest absolute Gasteiger partial charge is 0.185 e. The Labute approximate surface area is 96.1 Å². The molecule has 0 radical (unpaired) electrons. The number of amidine groups is 1. The molecule has 0 bridgehead atoms. The van der Waals surface area contributed by atoms with Crippen molar-refractivity contribution in [3.05, 3.63) is 42.5 Å². The number of fused-ring (bicyclic) bond motifs is 1. The monoisotopic (exact) mass is 263 g/mol. The first-order valence-corrected chi connectivity index (χ1v) is 5.29. The Morgan fingerprint density at radius 2 is 1.87 bits per heavy atom. The second kappa shape index (κ2) is 4.42.